The lowest BCUT2D eigenvalue weighted by molar-refractivity contribution is 0.0953. The van der Waals surface area contributed by atoms with Crippen LogP contribution in [0.25, 0.3) is 0 Å². The second kappa shape index (κ2) is 8.03. The first-order chi connectivity index (χ1) is 12.4. The van der Waals surface area contributed by atoms with Gasteiger partial charge in [0.05, 0.1) is 11.5 Å². The number of nitrogens with one attached hydrogen (secondary N) is 2. The maximum atomic E-state index is 12.5. The van der Waals surface area contributed by atoms with E-state index < -0.39 is 10.0 Å². The molecule has 140 valence electrons. The van der Waals surface area contributed by atoms with Gasteiger partial charge in [-0.1, -0.05) is 6.07 Å². The summed E-state index contributed by atoms with van der Waals surface area (Å²) < 4.78 is 38.1. The van der Waals surface area contributed by atoms with Crippen LogP contribution >= 0.6 is 0 Å². The molecular formula is C18H22N2O5S. The zero-order chi connectivity index (χ0) is 18.6. The second-order valence-electron chi connectivity index (χ2n) is 6.23. The van der Waals surface area contributed by atoms with Gasteiger partial charge in [0.2, 0.25) is 10.0 Å². The topological polar surface area (TPSA) is 97.6 Å². The largest absolute Gasteiger partial charge is 0.466 e. The monoisotopic (exact) mass is 378 g/mol. The highest BCUT2D eigenvalue weighted by Gasteiger charge is 2.24. The average molecular weight is 378 g/mol. The standard InChI is InChI=1S/C18H22N2O5S/c1-13-5-6-16(25-13)7-9-19-18(21)14-3-2-4-17(11-14)26(22,23)20-15-8-10-24-12-15/h2-6,11,15,20H,7-10,12H2,1H3,(H,19,21)/t15-/m1/s1. The number of benzene rings is 1. The van der Waals surface area contributed by atoms with E-state index in [2.05, 4.69) is 10.0 Å². The number of furan rings is 1. The molecule has 8 heteroatoms. The number of aryl methyl sites for hydroxylation is 1. The summed E-state index contributed by atoms with van der Waals surface area (Å²) in [5.74, 6) is 1.29. The molecule has 1 fully saturated rings. The predicted molar refractivity (Wildman–Crippen MR) is 95.5 cm³/mol. The van der Waals surface area contributed by atoms with Crippen LogP contribution in [0.4, 0.5) is 0 Å². The summed E-state index contributed by atoms with van der Waals surface area (Å²) in [6, 6.07) is 9.51. The molecule has 1 aromatic heterocycles. The van der Waals surface area contributed by atoms with E-state index in [-0.39, 0.29) is 16.8 Å². The van der Waals surface area contributed by atoms with Gasteiger partial charge in [-0.05, 0) is 43.7 Å². The maximum absolute atomic E-state index is 12.5. The highest BCUT2D eigenvalue weighted by molar-refractivity contribution is 7.89. The molecule has 2 heterocycles. The number of carbonyl (C=O) groups is 1. The SMILES string of the molecule is Cc1ccc(CCNC(=O)c2cccc(S(=O)(=O)N[C@@H]3CCOC3)c2)o1. The van der Waals surface area contributed by atoms with Crippen LogP contribution in [0.15, 0.2) is 45.7 Å². The van der Waals surface area contributed by atoms with Gasteiger partial charge in [0, 0.05) is 31.2 Å². The quantitative estimate of drug-likeness (QED) is 0.763. The molecule has 2 aromatic rings. The Morgan fingerprint density at radius 2 is 2.12 bits per heavy atom. The maximum Gasteiger partial charge on any atom is 0.251 e. The average Bonchev–Trinajstić information content (AvgIpc) is 3.26. The van der Waals surface area contributed by atoms with Crippen molar-refractivity contribution in [1.29, 1.82) is 0 Å². The molecule has 7 nitrogen and oxygen atoms in total. The molecule has 0 aliphatic carbocycles. The van der Waals surface area contributed by atoms with Gasteiger partial charge >= 0.3 is 0 Å². The molecule has 1 aromatic carbocycles. The normalized spacial score (nSPS) is 17.3. The molecule has 3 rings (SSSR count). The van der Waals surface area contributed by atoms with E-state index >= 15 is 0 Å². The number of ether oxygens (including phenoxy) is 1. The van der Waals surface area contributed by atoms with Crippen molar-refractivity contribution in [2.24, 2.45) is 0 Å². The van der Waals surface area contributed by atoms with Crippen LogP contribution < -0.4 is 10.0 Å². The highest BCUT2D eigenvalue weighted by Crippen LogP contribution is 2.14. The van der Waals surface area contributed by atoms with Crippen LogP contribution in [-0.2, 0) is 21.2 Å². The zero-order valence-corrected chi connectivity index (χ0v) is 15.3. The molecule has 0 unspecified atom stereocenters. The third-order valence-corrected chi connectivity index (χ3v) is 5.63. The molecule has 1 atom stereocenters. The highest BCUT2D eigenvalue weighted by atomic mass is 32.2. The second-order valence-corrected chi connectivity index (χ2v) is 7.94. The molecule has 26 heavy (non-hydrogen) atoms. The molecule has 2 N–H and O–H groups in total. The number of hydrogen-bond donors (Lipinski definition) is 2. The van der Waals surface area contributed by atoms with Gasteiger partial charge in [-0.25, -0.2) is 13.1 Å². The molecular weight excluding hydrogens is 356 g/mol. The molecule has 0 radical (unpaired) electrons. The van der Waals surface area contributed by atoms with Crippen LogP contribution in [-0.4, -0.2) is 40.1 Å². The minimum atomic E-state index is -3.69. The summed E-state index contributed by atoms with van der Waals surface area (Å²) in [6.45, 7) is 3.18. The Balaban J connectivity index is 1.61. The molecule has 1 aliphatic rings. The van der Waals surface area contributed by atoms with E-state index in [1.54, 1.807) is 12.1 Å². The van der Waals surface area contributed by atoms with Crippen molar-refractivity contribution >= 4 is 15.9 Å². The van der Waals surface area contributed by atoms with Crippen molar-refractivity contribution in [3.8, 4) is 0 Å². The smallest absolute Gasteiger partial charge is 0.251 e. The lowest BCUT2D eigenvalue weighted by atomic mass is 10.2. The fraction of sp³-hybridized carbons (Fsp3) is 0.389. The summed E-state index contributed by atoms with van der Waals surface area (Å²) >= 11 is 0. The van der Waals surface area contributed by atoms with Gasteiger partial charge in [0.25, 0.3) is 5.91 Å². The Hall–Kier alpha value is -2.16. The zero-order valence-electron chi connectivity index (χ0n) is 14.5. The van der Waals surface area contributed by atoms with Gasteiger partial charge in [-0.3, -0.25) is 4.79 Å². The van der Waals surface area contributed by atoms with Crippen LogP contribution in [0.5, 0.6) is 0 Å². The lowest BCUT2D eigenvalue weighted by Crippen LogP contribution is -2.35. The van der Waals surface area contributed by atoms with E-state index in [1.165, 1.54) is 12.1 Å². The van der Waals surface area contributed by atoms with Crippen molar-refractivity contribution in [3.05, 3.63) is 53.5 Å². The van der Waals surface area contributed by atoms with E-state index in [0.717, 1.165) is 11.5 Å². The van der Waals surface area contributed by atoms with Crippen molar-refractivity contribution < 1.29 is 22.4 Å². The molecule has 1 amide bonds. The minimum Gasteiger partial charge on any atom is -0.466 e. The van der Waals surface area contributed by atoms with E-state index in [4.69, 9.17) is 9.15 Å². The van der Waals surface area contributed by atoms with Crippen LogP contribution in [0.1, 0.15) is 28.3 Å². The van der Waals surface area contributed by atoms with Gasteiger partial charge < -0.3 is 14.5 Å². The lowest BCUT2D eigenvalue weighted by Gasteiger charge is -2.12. The summed E-state index contributed by atoms with van der Waals surface area (Å²) in [4.78, 5) is 12.4. The van der Waals surface area contributed by atoms with Gasteiger partial charge in [0.15, 0.2) is 0 Å². The fourth-order valence-corrected chi connectivity index (χ4v) is 4.04. The molecule has 0 bridgehead atoms. The van der Waals surface area contributed by atoms with E-state index in [0.29, 0.717) is 38.2 Å². The Labute approximate surface area is 152 Å². The van der Waals surface area contributed by atoms with Gasteiger partial charge in [-0.15, -0.1) is 0 Å². The van der Waals surface area contributed by atoms with Crippen LogP contribution in [0, 0.1) is 6.92 Å². The number of rotatable bonds is 7. The Morgan fingerprint density at radius 3 is 2.81 bits per heavy atom. The molecule has 1 saturated heterocycles. The summed E-state index contributed by atoms with van der Waals surface area (Å²) in [7, 11) is -3.69. The fourth-order valence-electron chi connectivity index (χ4n) is 2.74. The van der Waals surface area contributed by atoms with Crippen LogP contribution in [0.2, 0.25) is 0 Å². The predicted octanol–water partition coefficient (Wildman–Crippen LogP) is 1.63. The van der Waals surface area contributed by atoms with Crippen LogP contribution in [0.3, 0.4) is 0 Å². The number of hydrogen-bond acceptors (Lipinski definition) is 5. The Bertz CT molecular complexity index is 869. The van der Waals surface area contributed by atoms with Crippen molar-refractivity contribution in [3.63, 3.8) is 0 Å². The van der Waals surface area contributed by atoms with E-state index in [9.17, 15) is 13.2 Å². The summed E-state index contributed by atoms with van der Waals surface area (Å²) in [5.41, 5.74) is 0.297. The first kappa shape index (κ1) is 18.6. The summed E-state index contributed by atoms with van der Waals surface area (Å²) in [6.07, 6.45) is 1.21. The first-order valence-corrected chi connectivity index (χ1v) is 9.96. The van der Waals surface area contributed by atoms with Crippen molar-refractivity contribution in [1.82, 2.24) is 10.0 Å². The Morgan fingerprint density at radius 1 is 1.27 bits per heavy atom. The number of amides is 1. The van der Waals surface area contributed by atoms with Crippen molar-refractivity contribution in [2.45, 2.75) is 30.7 Å². The molecule has 0 spiro atoms. The number of carbonyl (C=O) groups excluding carboxylic acids is 1. The Kier molecular flexibility index (Phi) is 5.75. The van der Waals surface area contributed by atoms with Crippen molar-refractivity contribution in [2.75, 3.05) is 19.8 Å². The minimum absolute atomic E-state index is 0.0682. The van der Waals surface area contributed by atoms with Gasteiger partial charge in [-0.2, -0.15) is 0 Å². The summed E-state index contributed by atoms with van der Waals surface area (Å²) in [5, 5.41) is 2.77. The third kappa shape index (κ3) is 4.72. The van der Waals surface area contributed by atoms with Gasteiger partial charge in [0.1, 0.15) is 11.5 Å². The molecule has 0 saturated carbocycles. The van der Waals surface area contributed by atoms with E-state index in [1.807, 2.05) is 19.1 Å². The third-order valence-electron chi connectivity index (χ3n) is 4.11. The number of sulfonamides is 1. The first-order valence-electron chi connectivity index (χ1n) is 8.48. The molecule has 1 aliphatic heterocycles.